The number of nitrogens with zero attached hydrogens (tertiary/aromatic N) is 2. The van der Waals surface area contributed by atoms with Crippen LogP contribution in [0.25, 0.3) is 0 Å². The highest BCUT2D eigenvalue weighted by Gasteiger charge is 2.30. The van der Waals surface area contributed by atoms with Crippen LogP contribution in [-0.2, 0) is 0 Å². The lowest BCUT2D eigenvalue weighted by Crippen LogP contribution is -2.25. The Bertz CT molecular complexity index is 377. The third-order valence-electron chi connectivity index (χ3n) is 3.16. The number of rotatable bonds is 3. The van der Waals surface area contributed by atoms with Gasteiger partial charge in [0, 0.05) is 5.92 Å². The fraction of sp³-hybridized carbons (Fsp3) is 0.700. The van der Waals surface area contributed by atoms with Crippen molar-refractivity contribution in [3.63, 3.8) is 0 Å². The molecule has 0 bridgehead atoms. The molecule has 0 spiro atoms. The van der Waals surface area contributed by atoms with Crippen LogP contribution in [0.3, 0.4) is 0 Å². The van der Waals surface area contributed by atoms with Gasteiger partial charge in [-0.3, -0.25) is 0 Å². The van der Waals surface area contributed by atoms with Crippen molar-refractivity contribution in [2.75, 3.05) is 6.54 Å². The van der Waals surface area contributed by atoms with Crippen LogP contribution >= 0.6 is 0 Å². The van der Waals surface area contributed by atoms with Gasteiger partial charge in [0.1, 0.15) is 0 Å². The fourth-order valence-corrected chi connectivity index (χ4v) is 2.29. The molecule has 1 aromatic rings. The Morgan fingerprint density at radius 2 is 2.25 bits per heavy atom. The second-order valence-electron chi connectivity index (χ2n) is 4.15. The maximum Gasteiger partial charge on any atom is 0.377 e. The zero-order valence-corrected chi connectivity index (χ0v) is 8.93. The summed E-state index contributed by atoms with van der Waals surface area (Å²) in [6.07, 6.45) is 4.26. The molecule has 1 saturated carbocycles. The quantitative estimate of drug-likeness (QED) is 0.795. The van der Waals surface area contributed by atoms with Gasteiger partial charge in [-0.15, -0.1) is 0 Å². The van der Waals surface area contributed by atoms with E-state index in [4.69, 9.17) is 15.4 Å². The topological polar surface area (TPSA) is 102 Å². The van der Waals surface area contributed by atoms with Crippen molar-refractivity contribution in [2.24, 2.45) is 11.7 Å². The van der Waals surface area contributed by atoms with Gasteiger partial charge in [-0.25, -0.2) is 4.79 Å². The van der Waals surface area contributed by atoms with Crippen molar-refractivity contribution in [1.29, 1.82) is 0 Å². The maximum absolute atomic E-state index is 10.6. The number of carbonyl (C=O) groups is 1. The highest BCUT2D eigenvalue weighted by molar-refractivity contribution is 5.82. The average Bonchev–Trinajstić information content (AvgIpc) is 2.78. The van der Waals surface area contributed by atoms with Crippen LogP contribution in [0.5, 0.6) is 0 Å². The number of aromatic carboxylic acids is 1. The van der Waals surface area contributed by atoms with Crippen molar-refractivity contribution in [1.82, 2.24) is 10.1 Å². The van der Waals surface area contributed by atoms with Gasteiger partial charge in [-0.2, -0.15) is 4.98 Å². The SMILES string of the molecule is NCC1CCCCC1c1nc(C(=O)O)no1. The van der Waals surface area contributed by atoms with E-state index in [1.54, 1.807) is 0 Å². The molecular weight excluding hydrogens is 210 g/mol. The van der Waals surface area contributed by atoms with Crippen LogP contribution in [-0.4, -0.2) is 27.8 Å². The molecule has 6 heteroatoms. The van der Waals surface area contributed by atoms with Gasteiger partial charge in [0.05, 0.1) is 0 Å². The Hall–Kier alpha value is -1.43. The molecule has 0 aliphatic heterocycles. The summed E-state index contributed by atoms with van der Waals surface area (Å²) in [6, 6.07) is 0. The predicted octanol–water partition coefficient (Wildman–Crippen LogP) is 1.00. The molecule has 1 aliphatic carbocycles. The minimum atomic E-state index is -1.16. The van der Waals surface area contributed by atoms with E-state index in [0.717, 1.165) is 25.7 Å². The fourth-order valence-electron chi connectivity index (χ4n) is 2.29. The Balaban J connectivity index is 2.17. The van der Waals surface area contributed by atoms with E-state index < -0.39 is 5.97 Å². The summed E-state index contributed by atoms with van der Waals surface area (Å²) in [7, 11) is 0. The van der Waals surface area contributed by atoms with Gasteiger partial charge in [0.2, 0.25) is 5.89 Å². The van der Waals surface area contributed by atoms with E-state index in [2.05, 4.69) is 10.1 Å². The lowest BCUT2D eigenvalue weighted by molar-refractivity contribution is 0.0680. The molecule has 1 aromatic heterocycles. The zero-order chi connectivity index (χ0) is 11.5. The van der Waals surface area contributed by atoms with Crippen LogP contribution in [0.15, 0.2) is 4.52 Å². The number of nitrogens with two attached hydrogens (primary N) is 1. The number of hydrogen-bond donors (Lipinski definition) is 2. The summed E-state index contributed by atoms with van der Waals surface area (Å²) < 4.78 is 5.00. The summed E-state index contributed by atoms with van der Waals surface area (Å²) in [5, 5.41) is 12.1. The van der Waals surface area contributed by atoms with Crippen LogP contribution in [0, 0.1) is 5.92 Å². The standard InChI is InChI=1S/C10H15N3O3/c11-5-6-3-1-2-4-7(6)9-12-8(10(14)15)13-16-9/h6-7H,1-5,11H2,(H,14,15). The molecule has 0 saturated heterocycles. The Labute approximate surface area is 92.8 Å². The first-order valence-electron chi connectivity index (χ1n) is 5.49. The Morgan fingerprint density at radius 3 is 2.88 bits per heavy atom. The van der Waals surface area contributed by atoms with Crippen LogP contribution in [0.4, 0.5) is 0 Å². The summed E-state index contributed by atoms with van der Waals surface area (Å²) >= 11 is 0. The van der Waals surface area contributed by atoms with Crippen molar-refractivity contribution >= 4 is 5.97 Å². The molecule has 16 heavy (non-hydrogen) atoms. The first-order chi connectivity index (χ1) is 7.72. The molecule has 2 unspecified atom stereocenters. The summed E-state index contributed by atoms with van der Waals surface area (Å²) in [5.41, 5.74) is 5.69. The van der Waals surface area contributed by atoms with Gasteiger partial charge in [0.25, 0.3) is 5.82 Å². The highest BCUT2D eigenvalue weighted by atomic mass is 16.5. The molecule has 1 fully saturated rings. The summed E-state index contributed by atoms with van der Waals surface area (Å²) in [6.45, 7) is 0.579. The monoisotopic (exact) mass is 225 g/mol. The van der Waals surface area contributed by atoms with E-state index in [9.17, 15) is 4.79 Å². The molecule has 2 atom stereocenters. The summed E-state index contributed by atoms with van der Waals surface area (Å²) in [5.74, 6) is -0.547. The van der Waals surface area contributed by atoms with E-state index in [1.165, 1.54) is 0 Å². The lowest BCUT2D eigenvalue weighted by Gasteiger charge is -2.27. The number of hydrogen-bond acceptors (Lipinski definition) is 5. The third-order valence-corrected chi connectivity index (χ3v) is 3.16. The number of carboxylic acid groups (broad SMARTS) is 1. The van der Waals surface area contributed by atoms with E-state index in [-0.39, 0.29) is 11.7 Å². The smallest absolute Gasteiger partial charge is 0.377 e. The van der Waals surface area contributed by atoms with E-state index in [1.807, 2.05) is 0 Å². The predicted molar refractivity (Wildman–Crippen MR) is 55.0 cm³/mol. The molecule has 1 heterocycles. The van der Waals surface area contributed by atoms with E-state index in [0.29, 0.717) is 18.4 Å². The van der Waals surface area contributed by atoms with Crippen molar-refractivity contribution in [2.45, 2.75) is 31.6 Å². The van der Waals surface area contributed by atoms with Crippen molar-refractivity contribution in [3.8, 4) is 0 Å². The van der Waals surface area contributed by atoms with Gasteiger partial charge in [-0.1, -0.05) is 12.8 Å². The lowest BCUT2D eigenvalue weighted by atomic mass is 9.79. The minimum Gasteiger partial charge on any atom is -0.475 e. The minimum absolute atomic E-state index is 0.124. The van der Waals surface area contributed by atoms with Gasteiger partial charge < -0.3 is 15.4 Å². The van der Waals surface area contributed by atoms with Gasteiger partial charge >= 0.3 is 5.97 Å². The maximum atomic E-state index is 10.6. The molecule has 6 nitrogen and oxygen atoms in total. The zero-order valence-electron chi connectivity index (χ0n) is 8.93. The molecule has 1 aliphatic rings. The molecule has 2 rings (SSSR count). The number of aromatic nitrogens is 2. The first kappa shape index (κ1) is 11.1. The molecule has 0 amide bonds. The third kappa shape index (κ3) is 2.06. The van der Waals surface area contributed by atoms with Gasteiger partial charge in [0.15, 0.2) is 0 Å². The Kier molecular flexibility index (Phi) is 3.19. The average molecular weight is 225 g/mol. The van der Waals surface area contributed by atoms with Crippen LogP contribution in [0.1, 0.15) is 48.1 Å². The second-order valence-corrected chi connectivity index (χ2v) is 4.15. The number of carboxylic acids is 1. The van der Waals surface area contributed by atoms with Crippen molar-refractivity contribution in [3.05, 3.63) is 11.7 Å². The molecule has 88 valence electrons. The summed E-state index contributed by atoms with van der Waals surface area (Å²) in [4.78, 5) is 14.5. The van der Waals surface area contributed by atoms with Gasteiger partial charge in [-0.05, 0) is 30.5 Å². The van der Waals surface area contributed by atoms with Crippen LogP contribution in [0.2, 0.25) is 0 Å². The largest absolute Gasteiger partial charge is 0.475 e. The normalized spacial score (nSPS) is 25.6. The molecule has 0 aromatic carbocycles. The van der Waals surface area contributed by atoms with Crippen molar-refractivity contribution < 1.29 is 14.4 Å². The van der Waals surface area contributed by atoms with Crippen LogP contribution < -0.4 is 5.73 Å². The molecule has 0 radical (unpaired) electrons. The van der Waals surface area contributed by atoms with E-state index >= 15 is 0 Å². The molecule has 3 N–H and O–H groups in total. The second kappa shape index (κ2) is 4.61. The first-order valence-corrected chi connectivity index (χ1v) is 5.49. The Morgan fingerprint density at radius 1 is 1.50 bits per heavy atom. The highest BCUT2D eigenvalue weighted by Crippen LogP contribution is 2.36. The molecular formula is C10H15N3O3.